The van der Waals surface area contributed by atoms with Crippen LogP contribution in [0.1, 0.15) is 207 Å². The summed E-state index contributed by atoms with van der Waals surface area (Å²) in [6.07, 6.45) is 32.3. The fourth-order valence-electron chi connectivity index (χ4n) is 6.82. The van der Waals surface area contributed by atoms with E-state index in [-0.39, 0.29) is 51.2 Å². The molecule has 0 bridgehead atoms. The molecule has 0 radical (unpaired) electrons. The summed E-state index contributed by atoms with van der Waals surface area (Å²) >= 11 is 0. The molecule has 0 spiro atoms. The smallest absolute Gasteiger partial charge is 0.305 e. The van der Waals surface area contributed by atoms with Crippen LogP contribution in [-0.2, 0) is 23.8 Å². The minimum Gasteiger partial charge on any atom is -0.465 e. The summed E-state index contributed by atoms with van der Waals surface area (Å²) in [5.74, 6) is 0.888. The SMILES string of the molecule is CC(C)CCCCCCCCCCCCCCC(=O)OCC(CO)(COCC(CO)(CO)CO)COC(=O)CCCCCCCCCCCCCCC(C)C. The van der Waals surface area contributed by atoms with Gasteiger partial charge in [0.15, 0.2) is 0 Å². The van der Waals surface area contributed by atoms with E-state index in [9.17, 15) is 30.0 Å². The van der Waals surface area contributed by atoms with Crippen LogP contribution in [0.25, 0.3) is 0 Å². The Morgan fingerprint density at radius 2 is 0.636 bits per heavy atom. The lowest BCUT2D eigenvalue weighted by molar-refractivity contribution is -0.163. The number of aliphatic hydroxyl groups is 4. The van der Waals surface area contributed by atoms with Crippen LogP contribution in [0, 0.1) is 22.7 Å². The van der Waals surface area contributed by atoms with Gasteiger partial charge in [-0.1, -0.05) is 182 Å². The predicted octanol–water partition coefficient (Wildman–Crippen LogP) is 10.3. The van der Waals surface area contributed by atoms with Gasteiger partial charge in [-0.15, -0.1) is 0 Å². The molecule has 0 aromatic carbocycles. The third-order valence-corrected chi connectivity index (χ3v) is 11.1. The van der Waals surface area contributed by atoms with Crippen molar-refractivity contribution in [3.8, 4) is 0 Å². The summed E-state index contributed by atoms with van der Waals surface area (Å²) in [4.78, 5) is 25.3. The van der Waals surface area contributed by atoms with Crippen molar-refractivity contribution in [2.75, 3.05) is 52.9 Å². The molecule has 0 fully saturated rings. The first-order chi connectivity index (χ1) is 26.6. The van der Waals surface area contributed by atoms with Crippen LogP contribution >= 0.6 is 0 Å². The van der Waals surface area contributed by atoms with Gasteiger partial charge in [0, 0.05) is 12.8 Å². The second-order valence-electron chi connectivity index (χ2n) is 17.8. The number of carbonyl (C=O) groups is 2. The summed E-state index contributed by atoms with van der Waals surface area (Å²) < 4.78 is 16.9. The topological polar surface area (TPSA) is 143 Å². The molecule has 0 aromatic rings. The van der Waals surface area contributed by atoms with Gasteiger partial charge in [0.05, 0.1) is 50.5 Å². The number of esters is 2. The van der Waals surface area contributed by atoms with Gasteiger partial charge >= 0.3 is 11.9 Å². The van der Waals surface area contributed by atoms with Crippen molar-refractivity contribution in [2.45, 2.75) is 207 Å². The third-order valence-electron chi connectivity index (χ3n) is 11.1. The maximum absolute atomic E-state index is 12.7. The zero-order valence-electron chi connectivity index (χ0n) is 36.4. The van der Waals surface area contributed by atoms with Crippen LogP contribution in [0.3, 0.4) is 0 Å². The molecule has 0 aromatic heterocycles. The van der Waals surface area contributed by atoms with E-state index >= 15 is 0 Å². The minimum absolute atomic E-state index is 0.151. The van der Waals surface area contributed by atoms with Gasteiger partial charge in [0.2, 0.25) is 0 Å². The normalized spacial score (nSPS) is 12.3. The molecule has 0 amide bonds. The molecular formula is C46H90O9. The monoisotopic (exact) mass is 787 g/mol. The van der Waals surface area contributed by atoms with Gasteiger partial charge in [-0.2, -0.15) is 0 Å². The van der Waals surface area contributed by atoms with Gasteiger partial charge in [-0.25, -0.2) is 0 Å². The van der Waals surface area contributed by atoms with E-state index in [0.717, 1.165) is 50.4 Å². The summed E-state index contributed by atoms with van der Waals surface area (Å²) in [7, 11) is 0. The number of carbonyl (C=O) groups excluding carboxylic acids is 2. The van der Waals surface area contributed by atoms with Crippen molar-refractivity contribution in [3.05, 3.63) is 0 Å². The molecule has 0 aliphatic heterocycles. The molecular weight excluding hydrogens is 696 g/mol. The molecule has 0 aliphatic rings. The van der Waals surface area contributed by atoms with Crippen molar-refractivity contribution in [1.82, 2.24) is 0 Å². The molecule has 328 valence electrons. The zero-order valence-corrected chi connectivity index (χ0v) is 36.4. The highest BCUT2D eigenvalue weighted by molar-refractivity contribution is 5.69. The molecule has 55 heavy (non-hydrogen) atoms. The van der Waals surface area contributed by atoms with E-state index < -0.39 is 37.3 Å². The van der Waals surface area contributed by atoms with Gasteiger partial charge in [0.1, 0.15) is 13.2 Å². The van der Waals surface area contributed by atoms with E-state index in [1.54, 1.807) is 0 Å². The van der Waals surface area contributed by atoms with E-state index in [1.807, 2.05) is 0 Å². The van der Waals surface area contributed by atoms with E-state index in [0.29, 0.717) is 0 Å². The summed E-state index contributed by atoms with van der Waals surface area (Å²) in [5, 5.41) is 39.5. The molecule has 4 N–H and O–H groups in total. The highest BCUT2D eigenvalue weighted by Gasteiger charge is 2.36. The van der Waals surface area contributed by atoms with Gasteiger partial charge in [0.25, 0.3) is 0 Å². The van der Waals surface area contributed by atoms with E-state index in [2.05, 4.69) is 27.7 Å². The van der Waals surface area contributed by atoms with Crippen LogP contribution in [0.4, 0.5) is 0 Å². The Labute approximate surface area is 338 Å². The lowest BCUT2D eigenvalue weighted by Gasteiger charge is -2.33. The standard InChI is InChI=1S/C46H90O9/c1-41(2)29-25-21-17-13-9-5-7-11-15-19-23-27-31-43(51)54-39-46(36-50,38-53-37-45(33-47,34-48)35-49)40-55-44(52)32-28-24-20-16-12-8-6-10-14-18-22-26-30-42(3)4/h41-42,47-50H,5-40H2,1-4H3. The fraction of sp³-hybridized carbons (Fsp3) is 0.957. The van der Waals surface area contributed by atoms with Gasteiger partial charge < -0.3 is 34.6 Å². The van der Waals surface area contributed by atoms with Crippen LogP contribution in [0.5, 0.6) is 0 Å². The average molecular weight is 787 g/mol. The molecule has 0 unspecified atom stereocenters. The molecule has 0 saturated heterocycles. The van der Waals surface area contributed by atoms with Gasteiger partial charge in [-0.05, 0) is 24.7 Å². The number of aliphatic hydroxyl groups excluding tert-OH is 4. The molecule has 0 aliphatic carbocycles. The Bertz CT molecular complexity index is 798. The predicted molar refractivity (Wildman–Crippen MR) is 225 cm³/mol. The highest BCUT2D eigenvalue weighted by Crippen LogP contribution is 2.24. The number of ether oxygens (including phenoxy) is 3. The second-order valence-corrected chi connectivity index (χ2v) is 17.8. The molecule has 9 nitrogen and oxygen atoms in total. The molecule has 0 rings (SSSR count). The first kappa shape index (κ1) is 53.7. The maximum atomic E-state index is 12.7. The number of hydrogen-bond acceptors (Lipinski definition) is 9. The van der Waals surface area contributed by atoms with Crippen molar-refractivity contribution >= 4 is 11.9 Å². The second kappa shape index (κ2) is 37.0. The Kier molecular flexibility index (Phi) is 36.2. The Balaban J connectivity index is 4.43. The van der Waals surface area contributed by atoms with Crippen LogP contribution in [0.15, 0.2) is 0 Å². The van der Waals surface area contributed by atoms with Crippen molar-refractivity contribution in [3.63, 3.8) is 0 Å². The maximum Gasteiger partial charge on any atom is 0.305 e. The Morgan fingerprint density at radius 1 is 0.382 bits per heavy atom. The highest BCUT2D eigenvalue weighted by atomic mass is 16.6. The lowest BCUT2D eigenvalue weighted by atomic mass is 9.90. The minimum atomic E-state index is -1.26. The van der Waals surface area contributed by atoms with E-state index in [1.165, 1.54) is 128 Å². The first-order valence-corrected chi connectivity index (χ1v) is 22.9. The summed E-state index contributed by atoms with van der Waals surface area (Å²) in [6.45, 7) is 6.50. The quantitative estimate of drug-likeness (QED) is 0.0351. The van der Waals surface area contributed by atoms with Gasteiger partial charge in [-0.3, -0.25) is 9.59 Å². The van der Waals surface area contributed by atoms with Crippen molar-refractivity contribution < 1.29 is 44.2 Å². The van der Waals surface area contributed by atoms with Crippen LogP contribution < -0.4 is 0 Å². The fourth-order valence-corrected chi connectivity index (χ4v) is 6.82. The molecule has 9 heteroatoms. The van der Waals surface area contributed by atoms with E-state index in [4.69, 9.17) is 14.2 Å². The number of hydrogen-bond donors (Lipinski definition) is 4. The number of unbranched alkanes of at least 4 members (excludes halogenated alkanes) is 22. The number of rotatable bonds is 42. The lowest BCUT2D eigenvalue weighted by Crippen LogP contribution is -2.45. The van der Waals surface area contributed by atoms with Crippen LogP contribution in [-0.4, -0.2) is 85.2 Å². The summed E-state index contributed by atoms with van der Waals surface area (Å²) in [5.41, 5.74) is -2.46. The molecule has 0 heterocycles. The largest absolute Gasteiger partial charge is 0.465 e. The molecule has 0 atom stereocenters. The Morgan fingerprint density at radius 3 is 0.909 bits per heavy atom. The first-order valence-electron chi connectivity index (χ1n) is 22.9. The summed E-state index contributed by atoms with van der Waals surface area (Å²) in [6, 6.07) is 0. The van der Waals surface area contributed by atoms with Crippen molar-refractivity contribution in [2.24, 2.45) is 22.7 Å². The third kappa shape index (κ3) is 32.4. The van der Waals surface area contributed by atoms with Crippen molar-refractivity contribution in [1.29, 1.82) is 0 Å². The molecule has 0 saturated carbocycles. The zero-order chi connectivity index (χ0) is 40.9. The average Bonchev–Trinajstić information content (AvgIpc) is 3.17. The Hall–Kier alpha value is -1.26. The van der Waals surface area contributed by atoms with Crippen LogP contribution in [0.2, 0.25) is 0 Å².